The van der Waals surface area contributed by atoms with Crippen molar-refractivity contribution in [1.82, 2.24) is 0 Å². The minimum absolute atomic E-state index is 0.524. The zero-order valence-electron chi connectivity index (χ0n) is 11.8. The second-order valence-electron chi connectivity index (χ2n) is 7.75. The molecule has 2 atom stereocenters. The summed E-state index contributed by atoms with van der Waals surface area (Å²) in [5.41, 5.74) is 1.30. The Hall–Kier alpha value is 0. The molecule has 2 aliphatic rings. The van der Waals surface area contributed by atoms with E-state index in [1.165, 1.54) is 51.4 Å². The van der Waals surface area contributed by atoms with Gasteiger partial charge in [0.05, 0.1) is 0 Å². The predicted octanol–water partition coefficient (Wildman–Crippen LogP) is 5.42. The topological polar surface area (TPSA) is 0 Å². The molecule has 0 radical (unpaired) electrons. The first kappa shape index (κ1) is 12.5. The van der Waals surface area contributed by atoms with Crippen LogP contribution >= 0.6 is 0 Å². The molecule has 0 heterocycles. The van der Waals surface area contributed by atoms with Crippen molar-refractivity contribution in [2.75, 3.05) is 0 Å². The maximum atomic E-state index is 2.52. The molecular weight excluding hydrogens is 192 g/mol. The highest BCUT2D eigenvalue weighted by atomic mass is 14.5. The highest BCUT2D eigenvalue weighted by Gasteiger charge is 2.42. The molecule has 0 aromatic heterocycles. The van der Waals surface area contributed by atoms with E-state index < -0.39 is 0 Å². The standard InChI is InChI=1S/C16H30/c1-13-12-16(9-6-5-7-10-16)11-8-14(13)15(2,3)4/h13-14H,5-12H2,1-4H3. The molecule has 2 fully saturated rings. The summed E-state index contributed by atoms with van der Waals surface area (Å²) in [5.74, 6) is 1.91. The summed E-state index contributed by atoms with van der Waals surface area (Å²) >= 11 is 0. The molecule has 0 amide bonds. The Bertz CT molecular complexity index is 227. The Morgan fingerprint density at radius 3 is 2.06 bits per heavy atom. The summed E-state index contributed by atoms with van der Waals surface area (Å²) < 4.78 is 0. The van der Waals surface area contributed by atoms with Crippen LogP contribution in [-0.2, 0) is 0 Å². The van der Waals surface area contributed by atoms with Crippen molar-refractivity contribution in [3.8, 4) is 0 Å². The number of rotatable bonds is 0. The Morgan fingerprint density at radius 2 is 1.56 bits per heavy atom. The van der Waals surface area contributed by atoms with Gasteiger partial charge in [0.1, 0.15) is 0 Å². The molecule has 0 N–H and O–H groups in total. The third-order valence-electron chi connectivity index (χ3n) is 5.45. The maximum absolute atomic E-state index is 2.52. The van der Waals surface area contributed by atoms with Crippen LogP contribution in [0.25, 0.3) is 0 Å². The molecule has 94 valence electrons. The molecule has 0 heteroatoms. The van der Waals surface area contributed by atoms with E-state index >= 15 is 0 Å². The predicted molar refractivity (Wildman–Crippen MR) is 71.5 cm³/mol. The van der Waals surface area contributed by atoms with Crippen LogP contribution in [0.4, 0.5) is 0 Å². The molecule has 2 rings (SSSR count). The van der Waals surface area contributed by atoms with Crippen LogP contribution < -0.4 is 0 Å². The van der Waals surface area contributed by atoms with E-state index in [-0.39, 0.29) is 0 Å². The van der Waals surface area contributed by atoms with Gasteiger partial charge in [-0.3, -0.25) is 0 Å². The quantitative estimate of drug-likeness (QED) is 0.513. The highest BCUT2D eigenvalue weighted by Crippen LogP contribution is 2.54. The average Bonchev–Trinajstić information content (AvgIpc) is 2.16. The molecule has 2 saturated carbocycles. The van der Waals surface area contributed by atoms with E-state index in [1.54, 1.807) is 0 Å². The van der Waals surface area contributed by atoms with E-state index in [9.17, 15) is 0 Å². The normalized spacial score (nSPS) is 35.2. The molecular formula is C16H30. The Kier molecular flexibility index (Phi) is 3.39. The summed E-state index contributed by atoms with van der Waals surface area (Å²) in [6, 6.07) is 0. The van der Waals surface area contributed by atoms with Crippen molar-refractivity contribution >= 4 is 0 Å². The first-order chi connectivity index (χ1) is 7.43. The summed E-state index contributed by atoms with van der Waals surface area (Å²) in [6.45, 7) is 9.83. The van der Waals surface area contributed by atoms with Crippen LogP contribution in [0.3, 0.4) is 0 Å². The molecule has 0 bridgehead atoms. The molecule has 2 aliphatic carbocycles. The summed E-state index contributed by atoms with van der Waals surface area (Å²) in [4.78, 5) is 0. The molecule has 0 aromatic rings. The van der Waals surface area contributed by atoms with Crippen LogP contribution in [0.1, 0.15) is 79.1 Å². The lowest BCUT2D eigenvalue weighted by molar-refractivity contribution is 0.0141. The van der Waals surface area contributed by atoms with Crippen LogP contribution in [0.15, 0.2) is 0 Å². The lowest BCUT2D eigenvalue weighted by Crippen LogP contribution is -2.39. The first-order valence-corrected chi connectivity index (χ1v) is 7.43. The van der Waals surface area contributed by atoms with Crippen LogP contribution in [0.5, 0.6) is 0 Å². The van der Waals surface area contributed by atoms with E-state index in [0.717, 1.165) is 17.3 Å². The van der Waals surface area contributed by atoms with E-state index in [2.05, 4.69) is 27.7 Å². The third-order valence-corrected chi connectivity index (χ3v) is 5.45. The van der Waals surface area contributed by atoms with Crippen molar-refractivity contribution < 1.29 is 0 Å². The minimum Gasteiger partial charge on any atom is -0.0622 e. The second-order valence-corrected chi connectivity index (χ2v) is 7.75. The lowest BCUT2D eigenvalue weighted by atomic mass is 9.56. The lowest BCUT2D eigenvalue weighted by Gasteiger charge is -2.49. The molecule has 0 aliphatic heterocycles. The van der Waals surface area contributed by atoms with Gasteiger partial charge < -0.3 is 0 Å². The van der Waals surface area contributed by atoms with Crippen molar-refractivity contribution in [2.45, 2.75) is 79.1 Å². The molecule has 2 unspecified atom stereocenters. The van der Waals surface area contributed by atoms with Gasteiger partial charge in [-0.25, -0.2) is 0 Å². The monoisotopic (exact) mass is 222 g/mol. The SMILES string of the molecule is CC1CC2(CCCCC2)CCC1C(C)(C)C. The van der Waals surface area contributed by atoms with E-state index in [4.69, 9.17) is 0 Å². The summed E-state index contributed by atoms with van der Waals surface area (Å²) in [7, 11) is 0. The van der Waals surface area contributed by atoms with E-state index in [0.29, 0.717) is 5.41 Å². The van der Waals surface area contributed by atoms with Gasteiger partial charge in [0.2, 0.25) is 0 Å². The molecule has 1 spiro atoms. The van der Waals surface area contributed by atoms with Crippen molar-refractivity contribution in [3.05, 3.63) is 0 Å². The van der Waals surface area contributed by atoms with Gasteiger partial charge >= 0.3 is 0 Å². The molecule has 0 aromatic carbocycles. The van der Waals surface area contributed by atoms with Gasteiger partial charge in [0.25, 0.3) is 0 Å². The van der Waals surface area contributed by atoms with Gasteiger partial charge in [0, 0.05) is 0 Å². The number of hydrogen-bond donors (Lipinski definition) is 0. The second kappa shape index (κ2) is 4.35. The van der Waals surface area contributed by atoms with Crippen molar-refractivity contribution in [3.63, 3.8) is 0 Å². The van der Waals surface area contributed by atoms with Crippen LogP contribution in [0.2, 0.25) is 0 Å². The van der Waals surface area contributed by atoms with Crippen molar-refractivity contribution in [1.29, 1.82) is 0 Å². The maximum Gasteiger partial charge on any atom is -0.0295 e. The van der Waals surface area contributed by atoms with Gasteiger partial charge in [-0.05, 0) is 54.8 Å². The third kappa shape index (κ3) is 2.46. The van der Waals surface area contributed by atoms with E-state index in [1.807, 2.05) is 0 Å². The summed E-state index contributed by atoms with van der Waals surface area (Å²) in [6.07, 6.45) is 12.1. The molecule has 0 saturated heterocycles. The first-order valence-electron chi connectivity index (χ1n) is 7.43. The fraction of sp³-hybridized carbons (Fsp3) is 1.00. The Labute approximate surface area is 102 Å². The zero-order valence-corrected chi connectivity index (χ0v) is 11.8. The highest BCUT2D eigenvalue weighted by molar-refractivity contribution is 4.93. The fourth-order valence-corrected chi connectivity index (χ4v) is 4.72. The Morgan fingerprint density at radius 1 is 0.938 bits per heavy atom. The zero-order chi connectivity index (χ0) is 11.8. The Balaban J connectivity index is 2.01. The molecule has 16 heavy (non-hydrogen) atoms. The number of hydrogen-bond acceptors (Lipinski definition) is 0. The summed E-state index contributed by atoms with van der Waals surface area (Å²) in [5, 5.41) is 0. The largest absolute Gasteiger partial charge is 0.0622 e. The van der Waals surface area contributed by atoms with Gasteiger partial charge in [-0.2, -0.15) is 0 Å². The van der Waals surface area contributed by atoms with Gasteiger partial charge in [0.15, 0.2) is 0 Å². The smallest absolute Gasteiger partial charge is 0.0295 e. The minimum atomic E-state index is 0.524. The average molecular weight is 222 g/mol. The van der Waals surface area contributed by atoms with Crippen LogP contribution in [-0.4, -0.2) is 0 Å². The van der Waals surface area contributed by atoms with Crippen LogP contribution in [0, 0.1) is 22.7 Å². The van der Waals surface area contributed by atoms with Gasteiger partial charge in [-0.1, -0.05) is 47.0 Å². The fourth-order valence-electron chi connectivity index (χ4n) is 4.72. The van der Waals surface area contributed by atoms with Crippen molar-refractivity contribution in [2.24, 2.45) is 22.7 Å². The molecule has 0 nitrogen and oxygen atoms in total. The van der Waals surface area contributed by atoms with Gasteiger partial charge in [-0.15, -0.1) is 0 Å².